The van der Waals surface area contributed by atoms with Crippen molar-refractivity contribution >= 4 is 15.9 Å². The second kappa shape index (κ2) is 8.57. The van der Waals surface area contributed by atoms with Gasteiger partial charge in [-0.15, -0.1) is 0 Å². The molecule has 0 aliphatic carbocycles. The lowest BCUT2D eigenvalue weighted by molar-refractivity contribution is 0.0930. The molecule has 148 valence electrons. The molecule has 0 aliphatic heterocycles. The molecule has 0 radical (unpaired) electrons. The van der Waals surface area contributed by atoms with Crippen LogP contribution in [0.25, 0.3) is 0 Å². The molecule has 0 spiro atoms. The third kappa shape index (κ3) is 5.33. The Morgan fingerprint density at radius 1 is 1.33 bits per heavy atom. The van der Waals surface area contributed by atoms with Crippen LogP contribution in [0.15, 0.2) is 29.0 Å². The summed E-state index contributed by atoms with van der Waals surface area (Å²) in [6.07, 6.45) is 2.78. The molecule has 1 unspecified atom stereocenters. The van der Waals surface area contributed by atoms with Gasteiger partial charge in [0.25, 0.3) is 5.91 Å². The normalized spacial score (nSPS) is 13.0. The molecule has 0 fully saturated rings. The third-order valence-electron chi connectivity index (χ3n) is 3.94. The van der Waals surface area contributed by atoms with Gasteiger partial charge in [-0.3, -0.25) is 4.79 Å². The van der Waals surface area contributed by atoms with Crippen LogP contribution in [-0.4, -0.2) is 36.6 Å². The van der Waals surface area contributed by atoms with Gasteiger partial charge in [0.1, 0.15) is 17.9 Å². The van der Waals surface area contributed by atoms with E-state index in [0.29, 0.717) is 6.42 Å². The van der Waals surface area contributed by atoms with Crippen LogP contribution in [-0.2, 0) is 16.6 Å². The average Bonchev–Trinajstić information content (AvgIpc) is 3.11. The van der Waals surface area contributed by atoms with Crippen molar-refractivity contribution in [2.75, 3.05) is 12.8 Å². The van der Waals surface area contributed by atoms with Gasteiger partial charge in [0, 0.05) is 30.3 Å². The highest BCUT2D eigenvalue weighted by Crippen LogP contribution is 2.23. The molecule has 2 aromatic rings. The van der Waals surface area contributed by atoms with E-state index in [2.05, 4.69) is 15.0 Å². The van der Waals surface area contributed by atoms with Gasteiger partial charge >= 0.3 is 0 Å². The number of sulfonamides is 1. The summed E-state index contributed by atoms with van der Waals surface area (Å²) in [5.41, 5.74) is -0.123. The molecular weight excluding hydrogens is 380 g/mol. The number of hydrogen-bond acceptors (Lipinski definition) is 5. The van der Waals surface area contributed by atoms with Crippen LogP contribution in [0.4, 0.5) is 8.78 Å². The molecule has 0 saturated carbocycles. The average molecular weight is 401 g/mol. The standard InChI is InChI=1S/C17H21F2N3O4S/c1-4-6-22(27(3,24)25)10-12-8-15(19)13(9-14(12)18)11(2)20-17(23)16-5-7-26-21-16/h5,7-9,11H,4,6,10H2,1-3H3,(H,20,23). The summed E-state index contributed by atoms with van der Waals surface area (Å²) in [6, 6.07) is 2.43. The third-order valence-corrected chi connectivity index (χ3v) is 5.19. The molecular formula is C17H21F2N3O4S. The van der Waals surface area contributed by atoms with E-state index in [4.69, 9.17) is 0 Å². The predicted octanol–water partition coefficient (Wildman–Crippen LogP) is 2.62. The predicted molar refractivity (Wildman–Crippen MR) is 94.3 cm³/mol. The van der Waals surface area contributed by atoms with Crippen LogP contribution in [0, 0.1) is 11.6 Å². The van der Waals surface area contributed by atoms with Crippen LogP contribution in [0.1, 0.15) is 47.9 Å². The van der Waals surface area contributed by atoms with Gasteiger partial charge in [0.05, 0.1) is 12.3 Å². The maximum atomic E-state index is 14.5. The zero-order chi connectivity index (χ0) is 20.2. The smallest absolute Gasteiger partial charge is 0.273 e. The van der Waals surface area contributed by atoms with Crippen LogP contribution in [0.3, 0.4) is 0 Å². The van der Waals surface area contributed by atoms with Gasteiger partial charge < -0.3 is 9.84 Å². The Hall–Kier alpha value is -2.33. The molecule has 1 heterocycles. The number of hydrogen-bond donors (Lipinski definition) is 1. The molecule has 0 saturated heterocycles. The summed E-state index contributed by atoms with van der Waals surface area (Å²) in [4.78, 5) is 12.0. The highest BCUT2D eigenvalue weighted by atomic mass is 32.2. The van der Waals surface area contributed by atoms with Crippen molar-refractivity contribution < 1.29 is 26.5 Å². The molecule has 1 atom stereocenters. The van der Waals surface area contributed by atoms with E-state index in [1.54, 1.807) is 6.92 Å². The maximum absolute atomic E-state index is 14.5. The summed E-state index contributed by atoms with van der Waals surface area (Å²) in [6.45, 7) is 3.22. The number of carbonyl (C=O) groups is 1. The van der Waals surface area contributed by atoms with Gasteiger partial charge in [-0.25, -0.2) is 17.2 Å². The van der Waals surface area contributed by atoms with Gasteiger partial charge in [-0.1, -0.05) is 12.1 Å². The fraction of sp³-hybridized carbons (Fsp3) is 0.412. The number of carbonyl (C=O) groups excluding carboxylic acids is 1. The molecule has 10 heteroatoms. The Kier molecular flexibility index (Phi) is 6.66. The first-order chi connectivity index (χ1) is 12.6. The summed E-state index contributed by atoms with van der Waals surface area (Å²) < 4.78 is 58.2. The first-order valence-electron chi connectivity index (χ1n) is 8.27. The monoisotopic (exact) mass is 401 g/mol. The van der Waals surface area contributed by atoms with Gasteiger partial charge in [-0.2, -0.15) is 4.31 Å². The molecule has 0 bridgehead atoms. The van der Waals surface area contributed by atoms with Crippen LogP contribution < -0.4 is 5.32 Å². The van der Waals surface area contributed by atoms with Crippen molar-refractivity contribution in [3.05, 3.63) is 52.9 Å². The van der Waals surface area contributed by atoms with E-state index in [1.807, 2.05) is 0 Å². The lowest BCUT2D eigenvalue weighted by Gasteiger charge is -2.21. The van der Waals surface area contributed by atoms with E-state index in [1.165, 1.54) is 19.3 Å². The number of aromatic nitrogens is 1. The van der Waals surface area contributed by atoms with E-state index in [-0.39, 0.29) is 29.9 Å². The Balaban J connectivity index is 2.21. The Labute approximate surface area is 156 Å². The van der Waals surface area contributed by atoms with E-state index in [0.717, 1.165) is 22.7 Å². The summed E-state index contributed by atoms with van der Waals surface area (Å²) in [7, 11) is -3.55. The molecule has 1 N–H and O–H groups in total. The van der Waals surface area contributed by atoms with Gasteiger partial charge in [-0.05, 0) is 25.5 Å². The molecule has 1 aromatic carbocycles. The quantitative estimate of drug-likeness (QED) is 0.734. The first-order valence-corrected chi connectivity index (χ1v) is 10.1. The summed E-state index contributed by atoms with van der Waals surface area (Å²) >= 11 is 0. The number of halogens is 2. The van der Waals surface area contributed by atoms with Crippen LogP contribution >= 0.6 is 0 Å². The van der Waals surface area contributed by atoms with Crippen molar-refractivity contribution in [1.82, 2.24) is 14.8 Å². The number of rotatable bonds is 8. The highest BCUT2D eigenvalue weighted by molar-refractivity contribution is 7.88. The number of amides is 1. The summed E-state index contributed by atoms with van der Waals surface area (Å²) in [5, 5.41) is 5.97. The zero-order valence-corrected chi connectivity index (χ0v) is 16.0. The second-order valence-corrected chi connectivity index (χ2v) is 8.12. The highest BCUT2D eigenvalue weighted by Gasteiger charge is 2.22. The zero-order valence-electron chi connectivity index (χ0n) is 15.2. The molecule has 1 aromatic heterocycles. The van der Waals surface area contributed by atoms with Crippen LogP contribution in [0.5, 0.6) is 0 Å². The first kappa shape index (κ1) is 21.0. The lowest BCUT2D eigenvalue weighted by Crippen LogP contribution is -2.31. The van der Waals surface area contributed by atoms with Crippen molar-refractivity contribution in [2.45, 2.75) is 32.9 Å². The topological polar surface area (TPSA) is 92.5 Å². The SMILES string of the molecule is CCCN(Cc1cc(F)c(C(C)NC(=O)c2ccon2)cc1F)S(C)(=O)=O. The van der Waals surface area contributed by atoms with Gasteiger partial charge in [0.2, 0.25) is 10.0 Å². The fourth-order valence-corrected chi connectivity index (χ4v) is 3.42. The second-order valence-electron chi connectivity index (χ2n) is 6.14. The van der Waals surface area contributed by atoms with E-state index in [9.17, 15) is 22.0 Å². The van der Waals surface area contributed by atoms with Crippen molar-refractivity contribution in [3.8, 4) is 0 Å². The van der Waals surface area contributed by atoms with Crippen molar-refractivity contribution in [1.29, 1.82) is 0 Å². The van der Waals surface area contributed by atoms with Gasteiger partial charge in [0.15, 0.2) is 5.69 Å². The van der Waals surface area contributed by atoms with Crippen LogP contribution in [0.2, 0.25) is 0 Å². The Morgan fingerprint density at radius 2 is 2.04 bits per heavy atom. The number of nitrogens with one attached hydrogen (secondary N) is 1. The number of nitrogens with zero attached hydrogens (tertiary/aromatic N) is 2. The molecule has 2 rings (SSSR count). The van der Waals surface area contributed by atoms with Crippen molar-refractivity contribution in [2.24, 2.45) is 0 Å². The Morgan fingerprint density at radius 3 is 2.59 bits per heavy atom. The molecule has 1 amide bonds. The minimum absolute atomic E-state index is 0.0164. The minimum Gasteiger partial charge on any atom is -0.364 e. The molecule has 27 heavy (non-hydrogen) atoms. The largest absolute Gasteiger partial charge is 0.364 e. The van der Waals surface area contributed by atoms with E-state index < -0.39 is 33.6 Å². The minimum atomic E-state index is -3.55. The summed E-state index contributed by atoms with van der Waals surface area (Å²) in [5.74, 6) is -2.09. The van der Waals surface area contributed by atoms with E-state index >= 15 is 0 Å². The lowest BCUT2D eigenvalue weighted by atomic mass is 10.0. The fourth-order valence-electron chi connectivity index (χ4n) is 2.54. The number of benzene rings is 1. The molecule has 7 nitrogen and oxygen atoms in total. The Bertz CT molecular complexity index is 901. The van der Waals surface area contributed by atoms with Crippen molar-refractivity contribution in [3.63, 3.8) is 0 Å². The maximum Gasteiger partial charge on any atom is 0.273 e. The molecule has 0 aliphatic rings.